The summed E-state index contributed by atoms with van der Waals surface area (Å²) in [4.78, 5) is 5.16. The number of aryl methyl sites for hydroxylation is 1. The van der Waals surface area contributed by atoms with Crippen molar-refractivity contribution in [3.05, 3.63) is 29.3 Å². The van der Waals surface area contributed by atoms with Crippen LogP contribution in [0.3, 0.4) is 0 Å². The SMILES string of the molecule is CC.CCCc1cc(ONC)ccc1CO. The third-order valence-corrected chi connectivity index (χ3v) is 2.09. The van der Waals surface area contributed by atoms with Gasteiger partial charge in [-0.1, -0.05) is 33.3 Å². The molecule has 0 spiro atoms. The lowest BCUT2D eigenvalue weighted by Crippen LogP contribution is -2.11. The molecule has 0 saturated heterocycles. The molecular weight excluding hydrogens is 202 g/mol. The van der Waals surface area contributed by atoms with Crippen molar-refractivity contribution in [3.63, 3.8) is 0 Å². The first-order valence-corrected chi connectivity index (χ1v) is 5.88. The molecule has 0 unspecified atom stereocenters. The summed E-state index contributed by atoms with van der Waals surface area (Å²) in [6, 6.07) is 5.71. The van der Waals surface area contributed by atoms with Crippen molar-refractivity contribution >= 4 is 0 Å². The highest BCUT2D eigenvalue weighted by molar-refractivity contribution is 5.35. The predicted molar refractivity (Wildman–Crippen MR) is 67.4 cm³/mol. The van der Waals surface area contributed by atoms with Crippen LogP contribution in [0.2, 0.25) is 0 Å². The number of nitrogens with one attached hydrogen (secondary N) is 1. The third-order valence-electron chi connectivity index (χ3n) is 2.09. The minimum absolute atomic E-state index is 0.0924. The highest BCUT2D eigenvalue weighted by Gasteiger charge is 2.02. The van der Waals surface area contributed by atoms with E-state index >= 15 is 0 Å². The van der Waals surface area contributed by atoms with Crippen molar-refractivity contribution in [1.29, 1.82) is 0 Å². The zero-order valence-corrected chi connectivity index (χ0v) is 10.7. The van der Waals surface area contributed by atoms with Crippen molar-refractivity contribution < 1.29 is 9.94 Å². The summed E-state index contributed by atoms with van der Waals surface area (Å²) in [6.07, 6.45) is 2.03. The van der Waals surface area contributed by atoms with E-state index in [1.54, 1.807) is 7.05 Å². The maximum Gasteiger partial charge on any atom is 0.147 e. The largest absolute Gasteiger partial charge is 0.409 e. The summed E-state index contributed by atoms with van der Waals surface area (Å²) in [6.45, 7) is 6.21. The van der Waals surface area contributed by atoms with Gasteiger partial charge in [0.2, 0.25) is 0 Å². The average Bonchev–Trinajstić information content (AvgIpc) is 2.33. The Labute approximate surface area is 98.4 Å². The normalized spacial score (nSPS) is 9.31. The number of aliphatic hydroxyl groups is 1. The van der Waals surface area contributed by atoms with Gasteiger partial charge in [0.1, 0.15) is 5.75 Å². The molecule has 16 heavy (non-hydrogen) atoms. The van der Waals surface area contributed by atoms with Gasteiger partial charge in [-0.15, -0.1) is 0 Å². The van der Waals surface area contributed by atoms with E-state index in [2.05, 4.69) is 12.4 Å². The van der Waals surface area contributed by atoms with E-state index in [0.29, 0.717) is 0 Å². The lowest BCUT2D eigenvalue weighted by molar-refractivity contribution is 0.223. The lowest BCUT2D eigenvalue weighted by atomic mass is 10.0. The molecule has 1 rings (SSSR count). The van der Waals surface area contributed by atoms with E-state index in [9.17, 15) is 0 Å². The van der Waals surface area contributed by atoms with Crippen molar-refractivity contribution in [3.8, 4) is 5.75 Å². The van der Waals surface area contributed by atoms with Crippen LogP contribution in [0, 0.1) is 0 Å². The number of rotatable bonds is 5. The Kier molecular flexibility index (Phi) is 8.58. The molecule has 0 aliphatic heterocycles. The molecule has 0 amide bonds. The van der Waals surface area contributed by atoms with Gasteiger partial charge in [0.15, 0.2) is 0 Å². The molecule has 3 heteroatoms. The van der Waals surface area contributed by atoms with Crippen LogP contribution in [-0.4, -0.2) is 12.2 Å². The summed E-state index contributed by atoms with van der Waals surface area (Å²) in [5.41, 5.74) is 4.77. The van der Waals surface area contributed by atoms with Crippen LogP contribution in [0.25, 0.3) is 0 Å². The summed E-state index contributed by atoms with van der Waals surface area (Å²) >= 11 is 0. The second-order valence-electron chi connectivity index (χ2n) is 3.14. The minimum Gasteiger partial charge on any atom is -0.409 e. The smallest absolute Gasteiger partial charge is 0.147 e. The van der Waals surface area contributed by atoms with Gasteiger partial charge in [-0.05, 0) is 29.7 Å². The molecule has 1 aromatic carbocycles. The highest BCUT2D eigenvalue weighted by Crippen LogP contribution is 2.18. The molecule has 0 bridgehead atoms. The zero-order valence-electron chi connectivity index (χ0n) is 10.7. The first kappa shape index (κ1) is 14.9. The second kappa shape index (κ2) is 9.19. The maximum absolute atomic E-state index is 9.11. The summed E-state index contributed by atoms with van der Waals surface area (Å²) in [7, 11) is 1.72. The van der Waals surface area contributed by atoms with E-state index in [1.807, 2.05) is 32.0 Å². The predicted octanol–water partition coefficient (Wildman–Crippen LogP) is 2.67. The topological polar surface area (TPSA) is 41.5 Å². The molecule has 92 valence electrons. The Morgan fingerprint density at radius 3 is 2.44 bits per heavy atom. The van der Waals surface area contributed by atoms with Gasteiger partial charge in [0.05, 0.1) is 6.61 Å². The Bertz CT molecular complexity index is 287. The molecule has 3 nitrogen and oxygen atoms in total. The molecule has 0 saturated carbocycles. The first-order chi connectivity index (χ1) is 7.81. The summed E-state index contributed by atoms with van der Waals surface area (Å²) in [5.74, 6) is 0.785. The number of aliphatic hydroxyl groups excluding tert-OH is 1. The fourth-order valence-electron chi connectivity index (χ4n) is 1.44. The second-order valence-corrected chi connectivity index (χ2v) is 3.14. The van der Waals surface area contributed by atoms with Crippen molar-refractivity contribution in [2.24, 2.45) is 0 Å². The Hall–Kier alpha value is -1.06. The van der Waals surface area contributed by atoms with Crippen molar-refractivity contribution in [1.82, 2.24) is 5.48 Å². The van der Waals surface area contributed by atoms with Crippen LogP contribution in [0.4, 0.5) is 0 Å². The summed E-state index contributed by atoms with van der Waals surface area (Å²) in [5, 5.41) is 9.11. The molecular formula is C13H23NO2. The quantitative estimate of drug-likeness (QED) is 0.757. The van der Waals surface area contributed by atoms with Crippen LogP contribution in [0.15, 0.2) is 18.2 Å². The van der Waals surface area contributed by atoms with E-state index in [4.69, 9.17) is 9.94 Å². The van der Waals surface area contributed by atoms with Crippen LogP contribution >= 0.6 is 0 Å². The van der Waals surface area contributed by atoms with E-state index in [-0.39, 0.29) is 6.61 Å². The Morgan fingerprint density at radius 1 is 1.25 bits per heavy atom. The van der Waals surface area contributed by atoms with Crippen molar-refractivity contribution in [2.75, 3.05) is 7.05 Å². The van der Waals surface area contributed by atoms with Gasteiger partial charge >= 0.3 is 0 Å². The Morgan fingerprint density at radius 2 is 1.94 bits per heavy atom. The zero-order chi connectivity index (χ0) is 12.4. The Balaban J connectivity index is 0.00000106. The van der Waals surface area contributed by atoms with Gasteiger partial charge in [-0.25, -0.2) is 0 Å². The molecule has 0 radical (unpaired) electrons. The molecule has 0 atom stereocenters. The maximum atomic E-state index is 9.11. The molecule has 0 fully saturated rings. The third kappa shape index (κ3) is 4.64. The fourth-order valence-corrected chi connectivity index (χ4v) is 1.44. The van der Waals surface area contributed by atoms with Gasteiger partial charge in [-0.3, -0.25) is 0 Å². The van der Waals surface area contributed by atoms with Gasteiger partial charge < -0.3 is 9.94 Å². The van der Waals surface area contributed by atoms with Crippen LogP contribution in [-0.2, 0) is 13.0 Å². The number of hydrogen-bond acceptors (Lipinski definition) is 3. The fraction of sp³-hybridized carbons (Fsp3) is 0.538. The molecule has 1 aromatic rings. The van der Waals surface area contributed by atoms with Crippen LogP contribution in [0.1, 0.15) is 38.3 Å². The number of hydroxylamine groups is 1. The molecule has 0 aromatic heterocycles. The number of hydrogen-bond donors (Lipinski definition) is 2. The van der Waals surface area contributed by atoms with E-state index in [1.165, 1.54) is 0 Å². The van der Waals surface area contributed by atoms with Gasteiger partial charge in [-0.2, -0.15) is 5.48 Å². The highest BCUT2D eigenvalue weighted by atomic mass is 16.6. The van der Waals surface area contributed by atoms with Gasteiger partial charge in [0.25, 0.3) is 0 Å². The monoisotopic (exact) mass is 225 g/mol. The van der Waals surface area contributed by atoms with Crippen LogP contribution in [0.5, 0.6) is 5.75 Å². The van der Waals surface area contributed by atoms with Crippen LogP contribution < -0.4 is 10.3 Å². The van der Waals surface area contributed by atoms with Gasteiger partial charge in [0, 0.05) is 7.05 Å². The average molecular weight is 225 g/mol. The molecule has 0 heterocycles. The number of benzene rings is 1. The lowest BCUT2D eigenvalue weighted by Gasteiger charge is -2.09. The standard InChI is InChI=1S/C11H17NO2.C2H6/c1-3-4-9-7-11(14-12-2)6-5-10(9)8-13;1-2/h5-7,12-13H,3-4,8H2,1-2H3;1-2H3. The van der Waals surface area contributed by atoms with Crippen molar-refractivity contribution in [2.45, 2.75) is 40.2 Å². The molecule has 0 aliphatic rings. The van der Waals surface area contributed by atoms with E-state index < -0.39 is 0 Å². The minimum atomic E-state index is 0.0924. The first-order valence-electron chi connectivity index (χ1n) is 5.88. The van der Waals surface area contributed by atoms with E-state index in [0.717, 1.165) is 29.7 Å². The summed E-state index contributed by atoms with van der Waals surface area (Å²) < 4.78 is 0. The molecule has 2 N–H and O–H groups in total. The molecule has 0 aliphatic carbocycles.